The number of hydrogen-bond donors (Lipinski definition) is 1. The number of aryl methyl sites for hydroxylation is 2. The summed E-state index contributed by atoms with van der Waals surface area (Å²) in [7, 11) is 1.69. The van der Waals surface area contributed by atoms with Crippen molar-refractivity contribution in [3.63, 3.8) is 0 Å². The van der Waals surface area contributed by atoms with Crippen LogP contribution >= 0.6 is 11.6 Å². The van der Waals surface area contributed by atoms with Crippen molar-refractivity contribution in [3.05, 3.63) is 63.2 Å². The highest BCUT2D eigenvalue weighted by Crippen LogP contribution is 2.31. The zero-order valence-electron chi connectivity index (χ0n) is 12.3. The highest BCUT2D eigenvalue weighted by molar-refractivity contribution is 6.31. The number of halogens is 1. The van der Waals surface area contributed by atoms with Gasteiger partial charge in [-0.15, -0.1) is 0 Å². The predicted molar refractivity (Wildman–Crippen MR) is 84.7 cm³/mol. The van der Waals surface area contributed by atoms with Gasteiger partial charge in [-0.25, -0.2) is 0 Å². The van der Waals surface area contributed by atoms with Gasteiger partial charge < -0.3 is 10.5 Å². The first-order chi connectivity index (χ1) is 9.45. The predicted octanol–water partition coefficient (Wildman–Crippen LogP) is 4.32. The first-order valence-corrected chi connectivity index (χ1v) is 6.99. The van der Waals surface area contributed by atoms with Gasteiger partial charge in [0.05, 0.1) is 13.2 Å². The Balaban J connectivity index is 2.49. The third-order valence-electron chi connectivity index (χ3n) is 3.69. The molecule has 2 aromatic rings. The molecule has 106 valence electrons. The fourth-order valence-electron chi connectivity index (χ4n) is 2.63. The van der Waals surface area contributed by atoms with E-state index in [1.807, 2.05) is 39.0 Å². The standard InChI is InChI=1S/C17H20ClNO/c1-10-8-13(9-11(2)17(10)20-4)16(19)14-6-5-7-15(18)12(14)3/h5-9,16H,19H2,1-4H3. The molecule has 0 aliphatic carbocycles. The topological polar surface area (TPSA) is 35.2 Å². The van der Waals surface area contributed by atoms with E-state index in [1.54, 1.807) is 7.11 Å². The molecule has 2 nitrogen and oxygen atoms in total. The van der Waals surface area contributed by atoms with E-state index in [0.717, 1.165) is 38.6 Å². The van der Waals surface area contributed by atoms with Crippen molar-refractivity contribution in [2.45, 2.75) is 26.8 Å². The quantitative estimate of drug-likeness (QED) is 0.913. The third kappa shape index (κ3) is 2.67. The average molecular weight is 290 g/mol. The lowest BCUT2D eigenvalue weighted by Gasteiger charge is -2.19. The second kappa shape index (κ2) is 5.86. The normalized spacial score (nSPS) is 12.3. The van der Waals surface area contributed by atoms with Crippen LogP contribution < -0.4 is 10.5 Å². The minimum absolute atomic E-state index is 0.183. The number of methoxy groups -OCH3 is 1. The first kappa shape index (κ1) is 14.9. The van der Waals surface area contributed by atoms with Gasteiger partial charge in [0, 0.05) is 5.02 Å². The Labute approximate surface area is 125 Å². The van der Waals surface area contributed by atoms with Gasteiger partial charge in [-0.3, -0.25) is 0 Å². The molecule has 0 saturated carbocycles. The minimum Gasteiger partial charge on any atom is -0.496 e. The van der Waals surface area contributed by atoms with Crippen LogP contribution in [0.25, 0.3) is 0 Å². The molecular formula is C17H20ClNO. The molecule has 2 aromatic carbocycles. The molecule has 2 N–H and O–H groups in total. The summed E-state index contributed by atoms with van der Waals surface area (Å²) in [6.45, 7) is 6.07. The maximum Gasteiger partial charge on any atom is 0.124 e. The van der Waals surface area contributed by atoms with Crippen LogP contribution in [0.2, 0.25) is 5.02 Å². The smallest absolute Gasteiger partial charge is 0.124 e. The van der Waals surface area contributed by atoms with E-state index < -0.39 is 0 Å². The molecule has 1 atom stereocenters. The molecule has 20 heavy (non-hydrogen) atoms. The Morgan fingerprint density at radius 2 is 1.70 bits per heavy atom. The Kier molecular flexibility index (Phi) is 4.36. The van der Waals surface area contributed by atoms with E-state index in [1.165, 1.54) is 0 Å². The second-order valence-electron chi connectivity index (χ2n) is 5.12. The zero-order chi connectivity index (χ0) is 14.9. The van der Waals surface area contributed by atoms with Crippen LogP contribution in [0.4, 0.5) is 0 Å². The van der Waals surface area contributed by atoms with Crippen LogP contribution in [0.5, 0.6) is 5.75 Å². The Bertz CT molecular complexity index is 614. The summed E-state index contributed by atoms with van der Waals surface area (Å²) in [5.41, 5.74) is 11.8. The highest BCUT2D eigenvalue weighted by Gasteiger charge is 2.15. The van der Waals surface area contributed by atoms with Crippen LogP contribution in [-0.2, 0) is 0 Å². The van der Waals surface area contributed by atoms with Gasteiger partial charge in [-0.05, 0) is 54.7 Å². The van der Waals surface area contributed by atoms with Gasteiger partial charge in [0.2, 0.25) is 0 Å². The van der Waals surface area contributed by atoms with Crippen molar-refractivity contribution < 1.29 is 4.74 Å². The molecule has 2 rings (SSSR count). The summed E-state index contributed by atoms with van der Waals surface area (Å²) in [6, 6.07) is 9.83. The molecule has 0 heterocycles. The highest BCUT2D eigenvalue weighted by atomic mass is 35.5. The summed E-state index contributed by atoms with van der Waals surface area (Å²) in [5.74, 6) is 0.920. The molecule has 0 bridgehead atoms. The number of benzene rings is 2. The van der Waals surface area contributed by atoms with Gasteiger partial charge in [0.1, 0.15) is 5.75 Å². The molecule has 1 unspecified atom stereocenters. The van der Waals surface area contributed by atoms with E-state index in [9.17, 15) is 0 Å². The van der Waals surface area contributed by atoms with Gasteiger partial charge in [0.15, 0.2) is 0 Å². The summed E-state index contributed by atoms with van der Waals surface area (Å²) >= 11 is 6.18. The number of hydrogen-bond acceptors (Lipinski definition) is 2. The van der Waals surface area contributed by atoms with Crippen LogP contribution in [0.15, 0.2) is 30.3 Å². The van der Waals surface area contributed by atoms with Crippen molar-refractivity contribution in [2.24, 2.45) is 5.73 Å². The van der Waals surface area contributed by atoms with Crippen LogP contribution in [0, 0.1) is 20.8 Å². The fourth-order valence-corrected chi connectivity index (χ4v) is 2.81. The van der Waals surface area contributed by atoms with Gasteiger partial charge in [0.25, 0.3) is 0 Å². The van der Waals surface area contributed by atoms with Gasteiger partial charge >= 0.3 is 0 Å². The monoisotopic (exact) mass is 289 g/mol. The molecule has 0 aliphatic heterocycles. The maximum atomic E-state index is 6.42. The van der Waals surface area contributed by atoms with Crippen LogP contribution in [0.3, 0.4) is 0 Å². The third-order valence-corrected chi connectivity index (χ3v) is 4.10. The molecule has 0 aliphatic rings. The van der Waals surface area contributed by atoms with Gasteiger partial charge in [-0.1, -0.05) is 35.9 Å². The zero-order valence-corrected chi connectivity index (χ0v) is 13.1. The Morgan fingerprint density at radius 1 is 1.10 bits per heavy atom. The van der Waals surface area contributed by atoms with E-state index in [4.69, 9.17) is 22.1 Å². The molecule has 3 heteroatoms. The van der Waals surface area contributed by atoms with Crippen molar-refractivity contribution in [1.82, 2.24) is 0 Å². The molecule has 0 saturated heterocycles. The minimum atomic E-state index is -0.183. The summed E-state index contributed by atoms with van der Waals surface area (Å²) in [6.07, 6.45) is 0. The SMILES string of the molecule is COc1c(C)cc(C(N)c2cccc(Cl)c2C)cc1C. The van der Waals surface area contributed by atoms with Crippen LogP contribution in [-0.4, -0.2) is 7.11 Å². The van der Waals surface area contributed by atoms with E-state index >= 15 is 0 Å². The lowest BCUT2D eigenvalue weighted by molar-refractivity contribution is 0.408. The van der Waals surface area contributed by atoms with E-state index in [-0.39, 0.29) is 6.04 Å². The molecule has 0 aromatic heterocycles. The molecular weight excluding hydrogens is 270 g/mol. The molecule has 0 spiro atoms. The van der Waals surface area contributed by atoms with E-state index in [0.29, 0.717) is 0 Å². The first-order valence-electron chi connectivity index (χ1n) is 6.61. The van der Waals surface area contributed by atoms with E-state index in [2.05, 4.69) is 12.1 Å². The summed E-state index contributed by atoms with van der Waals surface area (Å²) in [5, 5.41) is 0.750. The molecule has 0 fully saturated rings. The lowest BCUT2D eigenvalue weighted by atomic mass is 9.93. The van der Waals surface area contributed by atoms with Gasteiger partial charge in [-0.2, -0.15) is 0 Å². The number of ether oxygens (including phenoxy) is 1. The van der Waals surface area contributed by atoms with Crippen molar-refractivity contribution in [3.8, 4) is 5.75 Å². The average Bonchev–Trinajstić information content (AvgIpc) is 2.41. The Morgan fingerprint density at radius 3 is 2.25 bits per heavy atom. The fraction of sp³-hybridized carbons (Fsp3) is 0.294. The molecule has 0 radical (unpaired) electrons. The maximum absolute atomic E-state index is 6.42. The second-order valence-corrected chi connectivity index (χ2v) is 5.53. The largest absolute Gasteiger partial charge is 0.496 e. The molecule has 0 amide bonds. The number of rotatable bonds is 3. The van der Waals surface area contributed by atoms with Crippen molar-refractivity contribution >= 4 is 11.6 Å². The lowest BCUT2D eigenvalue weighted by Crippen LogP contribution is -2.14. The summed E-state index contributed by atoms with van der Waals surface area (Å²) < 4.78 is 5.40. The van der Waals surface area contributed by atoms with Crippen molar-refractivity contribution in [2.75, 3.05) is 7.11 Å². The Hall–Kier alpha value is -1.51. The number of nitrogens with two attached hydrogens (primary N) is 1. The summed E-state index contributed by atoms with van der Waals surface area (Å²) in [4.78, 5) is 0. The van der Waals surface area contributed by atoms with Crippen LogP contribution in [0.1, 0.15) is 33.9 Å². The van der Waals surface area contributed by atoms with Crippen molar-refractivity contribution in [1.29, 1.82) is 0 Å².